The lowest BCUT2D eigenvalue weighted by Gasteiger charge is -2.09. The van der Waals surface area contributed by atoms with Crippen molar-refractivity contribution in [2.75, 3.05) is 13.2 Å². The first-order valence-electron chi connectivity index (χ1n) is 5.92. The zero-order valence-electron chi connectivity index (χ0n) is 10.3. The highest BCUT2D eigenvalue weighted by molar-refractivity contribution is 14.1. The number of phenols is 1. The van der Waals surface area contributed by atoms with Crippen LogP contribution in [0.15, 0.2) is 18.2 Å². The zero-order chi connectivity index (χ0) is 13.5. The molecule has 0 saturated heterocycles. The molecule has 4 nitrogen and oxygen atoms in total. The van der Waals surface area contributed by atoms with Crippen molar-refractivity contribution in [3.05, 3.63) is 27.3 Å². The topological polar surface area (TPSA) is 69.6 Å². The van der Waals surface area contributed by atoms with Crippen LogP contribution in [0.5, 0.6) is 5.75 Å². The number of aliphatic hydroxyl groups is 1. The van der Waals surface area contributed by atoms with Crippen LogP contribution < -0.4 is 5.32 Å². The van der Waals surface area contributed by atoms with Gasteiger partial charge in [-0.05, 0) is 59.5 Å². The highest BCUT2D eigenvalue weighted by Crippen LogP contribution is 2.20. The minimum Gasteiger partial charge on any atom is -0.507 e. The molecule has 1 aromatic rings. The van der Waals surface area contributed by atoms with Gasteiger partial charge >= 0.3 is 0 Å². The van der Waals surface area contributed by atoms with Gasteiger partial charge < -0.3 is 15.5 Å². The van der Waals surface area contributed by atoms with Gasteiger partial charge in [0.05, 0.1) is 3.57 Å². The molecule has 18 heavy (non-hydrogen) atoms. The second-order valence-electron chi connectivity index (χ2n) is 4.35. The summed E-state index contributed by atoms with van der Waals surface area (Å²) in [4.78, 5) is 11.7. The van der Waals surface area contributed by atoms with Crippen molar-refractivity contribution in [1.29, 1.82) is 0 Å². The number of aromatic hydroxyl groups is 1. The maximum Gasteiger partial charge on any atom is 0.251 e. The molecule has 1 atom stereocenters. The van der Waals surface area contributed by atoms with Crippen LogP contribution in [0.2, 0.25) is 0 Å². The Labute approximate surface area is 121 Å². The molecule has 100 valence electrons. The maximum atomic E-state index is 11.7. The van der Waals surface area contributed by atoms with E-state index < -0.39 is 0 Å². The largest absolute Gasteiger partial charge is 0.507 e. The molecule has 1 unspecified atom stereocenters. The van der Waals surface area contributed by atoms with Gasteiger partial charge in [0, 0.05) is 18.7 Å². The van der Waals surface area contributed by atoms with E-state index in [0.717, 1.165) is 16.4 Å². The zero-order valence-corrected chi connectivity index (χ0v) is 12.5. The Morgan fingerprint density at radius 3 is 2.83 bits per heavy atom. The maximum absolute atomic E-state index is 11.7. The monoisotopic (exact) mass is 363 g/mol. The number of nitrogens with one attached hydrogen (secondary N) is 1. The summed E-state index contributed by atoms with van der Waals surface area (Å²) in [6.07, 6.45) is 1.72. The number of hydrogen-bond donors (Lipinski definition) is 3. The van der Waals surface area contributed by atoms with Gasteiger partial charge in [-0.1, -0.05) is 6.92 Å². The number of carbonyl (C=O) groups excluding carboxylic acids is 1. The second kappa shape index (κ2) is 7.58. The summed E-state index contributed by atoms with van der Waals surface area (Å²) in [5, 5.41) is 21.2. The van der Waals surface area contributed by atoms with Gasteiger partial charge in [0.15, 0.2) is 0 Å². The molecule has 1 rings (SSSR count). The van der Waals surface area contributed by atoms with Crippen molar-refractivity contribution in [1.82, 2.24) is 5.32 Å². The number of rotatable bonds is 6. The first kappa shape index (κ1) is 15.2. The fourth-order valence-electron chi connectivity index (χ4n) is 1.50. The third kappa shape index (κ3) is 4.81. The lowest BCUT2D eigenvalue weighted by molar-refractivity contribution is 0.0951. The molecule has 0 saturated carbocycles. The van der Waals surface area contributed by atoms with E-state index in [1.165, 1.54) is 6.07 Å². The molecule has 3 N–H and O–H groups in total. The lowest BCUT2D eigenvalue weighted by atomic mass is 10.1. The van der Waals surface area contributed by atoms with E-state index in [4.69, 9.17) is 5.11 Å². The van der Waals surface area contributed by atoms with Gasteiger partial charge in [0.1, 0.15) is 5.75 Å². The minimum atomic E-state index is -0.182. The van der Waals surface area contributed by atoms with E-state index in [1.807, 2.05) is 29.5 Å². The normalized spacial score (nSPS) is 12.2. The van der Waals surface area contributed by atoms with Gasteiger partial charge in [-0.15, -0.1) is 0 Å². The van der Waals surface area contributed by atoms with Gasteiger partial charge in [0.25, 0.3) is 5.91 Å². The number of aliphatic hydroxyl groups excluding tert-OH is 1. The van der Waals surface area contributed by atoms with E-state index in [2.05, 4.69) is 5.32 Å². The quantitative estimate of drug-likeness (QED) is 0.536. The summed E-state index contributed by atoms with van der Waals surface area (Å²) in [5.74, 6) is 0.208. The second-order valence-corrected chi connectivity index (χ2v) is 5.51. The summed E-state index contributed by atoms with van der Waals surface area (Å²) in [6, 6.07) is 4.86. The van der Waals surface area contributed by atoms with Crippen LogP contribution in [0.25, 0.3) is 0 Å². The SMILES string of the molecule is CC(CO)CCCNC(=O)c1ccc(I)c(O)c1. The third-order valence-electron chi connectivity index (χ3n) is 2.68. The first-order valence-corrected chi connectivity index (χ1v) is 7.00. The standard InChI is InChI=1S/C13H18INO3/c1-9(8-16)3-2-6-15-13(18)10-4-5-11(14)12(17)7-10/h4-5,7,9,16-17H,2-3,6,8H2,1H3,(H,15,18). The number of benzene rings is 1. The van der Waals surface area contributed by atoms with Gasteiger partial charge in [-0.3, -0.25) is 4.79 Å². The fourth-order valence-corrected chi connectivity index (χ4v) is 1.84. The summed E-state index contributed by atoms with van der Waals surface area (Å²) in [6.45, 7) is 2.73. The summed E-state index contributed by atoms with van der Waals surface area (Å²) < 4.78 is 0.723. The van der Waals surface area contributed by atoms with E-state index in [1.54, 1.807) is 12.1 Å². The van der Waals surface area contributed by atoms with Crippen molar-refractivity contribution in [2.45, 2.75) is 19.8 Å². The van der Waals surface area contributed by atoms with Gasteiger partial charge in [-0.2, -0.15) is 0 Å². The van der Waals surface area contributed by atoms with Crippen molar-refractivity contribution in [3.8, 4) is 5.75 Å². The lowest BCUT2D eigenvalue weighted by Crippen LogP contribution is -2.24. The molecule has 5 heteroatoms. The highest BCUT2D eigenvalue weighted by atomic mass is 127. The van der Waals surface area contributed by atoms with Gasteiger partial charge in [-0.25, -0.2) is 0 Å². The first-order chi connectivity index (χ1) is 8.54. The molecule has 1 amide bonds. The van der Waals surface area contributed by atoms with Crippen molar-refractivity contribution in [2.24, 2.45) is 5.92 Å². The smallest absolute Gasteiger partial charge is 0.251 e. The van der Waals surface area contributed by atoms with Crippen LogP contribution in [-0.4, -0.2) is 29.3 Å². The van der Waals surface area contributed by atoms with Crippen molar-refractivity contribution in [3.63, 3.8) is 0 Å². The molecule has 0 aliphatic rings. The van der Waals surface area contributed by atoms with Crippen molar-refractivity contribution < 1.29 is 15.0 Å². The van der Waals surface area contributed by atoms with Crippen molar-refractivity contribution >= 4 is 28.5 Å². The van der Waals surface area contributed by atoms with Crippen LogP contribution in [0.4, 0.5) is 0 Å². The predicted molar refractivity (Wildman–Crippen MR) is 78.6 cm³/mol. The van der Waals surface area contributed by atoms with Gasteiger partial charge in [0.2, 0.25) is 0 Å². The molecule has 0 heterocycles. The summed E-state index contributed by atoms with van der Waals surface area (Å²) in [5.41, 5.74) is 0.461. The minimum absolute atomic E-state index is 0.122. The van der Waals surface area contributed by atoms with Crippen LogP contribution in [0.1, 0.15) is 30.1 Å². The molecule has 1 aromatic carbocycles. The van der Waals surface area contributed by atoms with E-state index >= 15 is 0 Å². The Morgan fingerprint density at radius 1 is 1.50 bits per heavy atom. The average molecular weight is 363 g/mol. The number of carbonyl (C=O) groups is 1. The van der Waals surface area contributed by atoms with E-state index in [9.17, 15) is 9.90 Å². The van der Waals surface area contributed by atoms with E-state index in [0.29, 0.717) is 12.1 Å². The third-order valence-corrected chi connectivity index (χ3v) is 3.59. The number of phenolic OH excluding ortho intramolecular Hbond substituents is 1. The fraction of sp³-hybridized carbons (Fsp3) is 0.462. The molecule has 0 fully saturated rings. The number of halogens is 1. The molecular weight excluding hydrogens is 345 g/mol. The summed E-state index contributed by atoms with van der Waals surface area (Å²) >= 11 is 2.01. The summed E-state index contributed by atoms with van der Waals surface area (Å²) in [7, 11) is 0. The molecule has 0 spiro atoms. The molecule has 0 aliphatic heterocycles. The highest BCUT2D eigenvalue weighted by Gasteiger charge is 2.07. The Bertz CT molecular complexity index is 409. The Morgan fingerprint density at radius 2 is 2.22 bits per heavy atom. The number of hydrogen-bond acceptors (Lipinski definition) is 3. The van der Waals surface area contributed by atoms with Crippen LogP contribution in [0.3, 0.4) is 0 Å². The molecule has 0 aromatic heterocycles. The molecule has 0 bridgehead atoms. The molecular formula is C13H18INO3. The Hall–Kier alpha value is -0.820. The number of amides is 1. The Balaban J connectivity index is 2.39. The predicted octanol–water partition coefficient (Wildman–Crippen LogP) is 2.14. The van der Waals surface area contributed by atoms with E-state index in [-0.39, 0.29) is 24.2 Å². The average Bonchev–Trinajstić information content (AvgIpc) is 2.37. The van der Waals surface area contributed by atoms with Crippen LogP contribution in [0, 0.1) is 9.49 Å². The van der Waals surface area contributed by atoms with Crippen LogP contribution >= 0.6 is 22.6 Å². The van der Waals surface area contributed by atoms with Crippen LogP contribution in [-0.2, 0) is 0 Å². The molecule has 0 aliphatic carbocycles. The molecule has 0 radical (unpaired) electrons. The Kier molecular flexibility index (Phi) is 6.42.